The molecule has 1 aromatic carbocycles. The van der Waals surface area contributed by atoms with E-state index in [1.165, 1.54) is 18.7 Å². The third-order valence-corrected chi connectivity index (χ3v) is 4.78. The lowest BCUT2D eigenvalue weighted by Gasteiger charge is -2.41. The molecule has 6 nitrogen and oxygen atoms in total. The highest BCUT2D eigenvalue weighted by molar-refractivity contribution is 5.49. The highest BCUT2D eigenvalue weighted by atomic mass is 19.4. The van der Waals surface area contributed by atoms with E-state index in [1.807, 2.05) is 18.2 Å². The van der Waals surface area contributed by atoms with Crippen LogP contribution in [0.5, 0.6) is 0 Å². The van der Waals surface area contributed by atoms with Crippen LogP contribution in [0.15, 0.2) is 53.4 Å². The first-order valence-electron chi connectivity index (χ1n) is 8.65. The van der Waals surface area contributed by atoms with Gasteiger partial charge in [0.25, 0.3) is 0 Å². The van der Waals surface area contributed by atoms with Gasteiger partial charge in [-0.1, -0.05) is 12.1 Å². The zero-order chi connectivity index (χ0) is 19.6. The molecule has 0 amide bonds. The van der Waals surface area contributed by atoms with E-state index in [0.29, 0.717) is 31.2 Å². The summed E-state index contributed by atoms with van der Waals surface area (Å²) in [7, 11) is 0. The highest BCUT2D eigenvalue weighted by Gasteiger charge is 2.42. The summed E-state index contributed by atoms with van der Waals surface area (Å²) < 4.78 is 50.1. The molecule has 0 radical (unpaired) electrons. The van der Waals surface area contributed by atoms with Gasteiger partial charge in [-0.2, -0.15) is 13.2 Å². The highest BCUT2D eigenvalue weighted by Crippen LogP contribution is 2.37. The number of rotatable bonds is 6. The molecule has 1 aliphatic heterocycles. The van der Waals surface area contributed by atoms with E-state index in [9.17, 15) is 13.2 Å². The molecule has 4 rings (SSSR count). The lowest BCUT2D eigenvalue weighted by molar-refractivity contribution is -0.138. The monoisotopic (exact) mass is 390 g/mol. The molecule has 3 heterocycles. The van der Waals surface area contributed by atoms with Gasteiger partial charge in [0, 0.05) is 18.3 Å². The normalized spacial score (nSPS) is 15.8. The number of ether oxygens (including phenoxy) is 1. The van der Waals surface area contributed by atoms with Gasteiger partial charge in [0.1, 0.15) is 0 Å². The topological polar surface area (TPSA) is 73.1 Å². The Labute approximate surface area is 158 Å². The van der Waals surface area contributed by atoms with Gasteiger partial charge in [0.05, 0.1) is 36.4 Å². The van der Waals surface area contributed by atoms with Gasteiger partial charge in [0.15, 0.2) is 0 Å². The van der Waals surface area contributed by atoms with Crippen molar-refractivity contribution >= 4 is 5.69 Å². The maximum Gasteiger partial charge on any atom is 0.418 e. The van der Waals surface area contributed by atoms with Crippen LogP contribution in [0.2, 0.25) is 0 Å². The Balaban J connectivity index is 1.52. The third-order valence-electron chi connectivity index (χ3n) is 4.78. The summed E-state index contributed by atoms with van der Waals surface area (Å²) in [5.41, 5.74) is 0.630. The van der Waals surface area contributed by atoms with Crippen molar-refractivity contribution in [2.24, 2.45) is 0 Å². The van der Waals surface area contributed by atoms with Crippen LogP contribution in [0.1, 0.15) is 22.7 Å². The average molecular weight is 390 g/mol. The summed E-state index contributed by atoms with van der Waals surface area (Å²) in [6.07, 6.45) is -1.27. The number of halogens is 3. The molecule has 28 heavy (non-hydrogen) atoms. The standard InChI is InChI=1S/C19H17F3N4O2/c20-19(21,22)15-5-2-6-23-16(15)9-24-14-4-1-3-13(7-14)18(10-27-11-18)8-17-26-25-12-28-17/h1-7,12,24H,8-11H2. The van der Waals surface area contributed by atoms with Crippen molar-refractivity contribution in [3.63, 3.8) is 0 Å². The third kappa shape index (κ3) is 3.70. The molecule has 1 N–H and O–H groups in total. The second kappa shape index (κ2) is 7.23. The summed E-state index contributed by atoms with van der Waals surface area (Å²) in [6, 6.07) is 9.85. The number of benzene rings is 1. The number of nitrogens with zero attached hydrogens (tertiary/aromatic N) is 3. The van der Waals surface area contributed by atoms with Gasteiger partial charge in [-0.15, -0.1) is 10.2 Å². The van der Waals surface area contributed by atoms with Gasteiger partial charge >= 0.3 is 6.18 Å². The molecular formula is C19H17F3N4O2. The minimum absolute atomic E-state index is 0.0354. The lowest BCUT2D eigenvalue weighted by atomic mass is 9.75. The summed E-state index contributed by atoms with van der Waals surface area (Å²) in [5.74, 6) is 0.518. The SMILES string of the molecule is FC(F)(F)c1cccnc1CNc1cccc(C2(Cc3nnco3)COC2)c1. The zero-order valence-electron chi connectivity index (χ0n) is 14.7. The largest absolute Gasteiger partial charge is 0.428 e. The van der Waals surface area contributed by atoms with E-state index in [4.69, 9.17) is 9.15 Å². The number of nitrogens with one attached hydrogen (secondary N) is 1. The number of hydrogen-bond acceptors (Lipinski definition) is 6. The van der Waals surface area contributed by atoms with E-state index in [1.54, 1.807) is 6.07 Å². The molecule has 0 unspecified atom stereocenters. The molecule has 1 saturated heterocycles. The Morgan fingerprint density at radius 1 is 1.14 bits per heavy atom. The predicted molar refractivity (Wildman–Crippen MR) is 93.5 cm³/mol. The van der Waals surface area contributed by atoms with Crippen LogP contribution in [-0.4, -0.2) is 28.4 Å². The number of anilines is 1. The minimum Gasteiger partial charge on any atom is -0.428 e. The van der Waals surface area contributed by atoms with Crippen LogP contribution in [-0.2, 0) is 29.3 Å². The molecule has 0 saturated carbocycles. The maximum atomic E-state index is 13.1. The number of alkyl halides is 3. The van der Waals surface area contributed by atoms with E-state index in [-0.39, 0.29) is 17.7 Å². The second-order valence-corrected chi connectivity index (χ2v) is 6.71. The Kier molecular flexibility index (Phi) is 4.76. The van der Waals surface area contributed by atoms with Gasteiger partial charge in [-0.05, 0) is 29.8 Å². The van der Waals surface area contributed by atoms with Crippen LogP contribution in [0.3, 0.4) is 0 Å². The van der Waals surface area contributed by atoms with Crippen molar-refractivity contribution in [3.05, 3.63) is 71.7 Å². The zero-order valence-corrected chi connectivity index (χ0v) is 14.7. The second-order valence-electron chi connectivity index (χ2n) is 6.71. The van der Waals surface area contributed by atoms with Crippen molar-refractivity contribution in [2.45, 2.75) is 24.6 Å². The number of pyridine rings is 1. The quantitative estimate of drug-likeness (QED) is 0.693. The summed E-state index contributed by atoms with van der Waals surface area (Å²) in [4.78, 5) is 3.88. The Morgan fingerprint density at radius 2 is 2.00 bits per heavy atom. The Morgan fingerprint density at radius 3 is 2.68 bits per heavy atom. The van der Waals surface area contributed by atoms with Gasteiger partial charge in [-0.25, -0.2) is 0 Å². The van der Waals surface area contributed by atoms with E-state index < -0.39 is 11.7 Å². The van der Waals surface area contributed by atoms with Crippen molar-refractivity contribution in [3.8, 4) is 0 Å². The van der Waals surface area contributed by atoms with Crippen LogP contribution < -0.4 is 5.32 Å². The molecule has 3 aromatic rings. The van der Waals surface area contributed by atoms with E-state index in [0.717, 1.165) is 11.6 Å². The maximum absolute atomic E-state index is 13.1. The molecular weight excluding hydrogens is 373 g/mol. The number of hydrogen-bond donors (Lipinski definition) is 1. The molecule has 1 aliphatic rings. The van der Waals surface area contributed by atoms with Crippen molar-refractivity contribution in [1.82, 2.24) is 15.2 Å². The fourth-order valence-electron chi connectivity index (χ4n) is 3.26. The van der Waals surface area contributed by atoms with Crippen LogP contribution >= 0.6 is 0 Å². The summed E-state index contributed by atoms with van der Waals surface area (Å²) in [6.45, 7) is 0.987. The fraction of sp³-hybridized carbons (Fsp3) is 0.316. The number of aromatic nitrogens is 3. The van der Waals surface area contributed by atoms with Crippen molar-refractivity contribution in [2.75, 3.05) is 18.5 Å². The van der Waals surface area contributed by atoms with Crippen molar-refractivity contribution in [1.29, 1.82) is 0 Å². The lowest BCUT2D eigenvalue weighted by Crippen LogP contribution is -2.48. The van der Waals surface area contributed by atoms with Gasteiger partial charge in [0.2, 0.25) is 12.3 Å². The molecule has 2 aromatic heterocycles. The van der Waals surface area contributed by atoms with Crippen LogP contribution in [0, 0.1) is 0 Å². The molecule has 146 valence electrons. The van der Waals surface area contributed by atoms with Crippen LogP contribution in [0.4, 0.5) is 18.9 Å². The summed E-state index contributed by atoms with van der Waals surface area (Å²) >= 11 is 0. The molecule has 1 fully saturated rings. The van der Waals surface area contributed by atoms with Gasteiger partial charge in [-0.3, -0.25) is 4.98 Å². The molecule has 0 atom stereocenters. The molecule has 0 bridgehead atoms. The van der Waals surface area contributed by atoms with Crippen molar-refractivity contribution < 1.29 is 22.3 Å². The average Bonchev–Trinajstić information content (AvgIpc) is 3.16. The first-order chi connectivity index (χ1) is 13.5. The van der Waals surface area contributed by atoms with Crippen LogP contribution in [0.25, 0.3) is 0 Å². The first-order valence-corrected chi connectivity index (χ1v) is 8.65. The Hall–Kier alpha value is -2.94. The summed E-state index contributed by atoms with van der Waals surface area (Å²) in [5, 5.41) is 10.7. The molecule has 0 spiro atoms. The predicted octanol–water partition coefficient (Wildman–Crippen LogP) is 3.61. The fourth-order valence-corrected chi connectivity index (χ4v) is 3.26. The van der Waals surface area contributed by atoms with E-state index in [2.05, 4.69) is 20.5 Å². The first kappa shape index (κ1) is 18.4. The van der Waals surface area contributed by atoms with Gasteiger partial charge < -0.3 is 14.5 Å². The molecule has 0 aliphatic carbocycles. The Bertz CT molecular complexity index is 940. The van der Waals surface area contributed by atoms with E-state index >= 15 is 0 Å². The molecule has 9 heteroatoms. The smallest absolute Gasteiger partial charge is 0.418 e. The minimum atomic E-state index is -4.44.